The molecule has 1 fully saturated rings. The third-order valence-electron chi connectivity index (χ3n) is 7.74. The van der Waals surface area contributed by atoms with Gasteiger partial charge < -0.3 is 14.3 Å². The molecule has 1 saturated heterocycles. The molecule has 3 N–H and O–H groups in total. The standard InChI is InChI=1S/C31H33N7O6/c1-20-14-37(31(42)33-29(20)40)28-12-25(27(18-39)43-28)38-17-24(34-35-38)13-32-19-36(15-21-7-3-2-4-8-21)16-23-11-22-9-5-6-10-26(22)44-30(23)41/h2-11,14,17,25,27-28,32,39H,12-13,15-16,18-19H2,1H3,(H,33,40,42)/t25-,27+,28+/m1/s1. The zero-order valence-corrected chi connectivity index (χ0v) is 24.1. The summed E-state index contributed by atoms with van der Waals surface area (Å²) in [4.78, 5) is 41.4. The number of H-pyrrole nitrogens is 1. The van der Waals surface area contributed by atoms with Crippen molar-refractivity contribution >= 4 is 11.0 Å². The van der Waals surface area contributed by atoms with Gasteiger partial charge >= 0.3 is 11.3 Å². The summed E-state index contributed by atoms with van der Waals surface area (Å²) in [6, 6.07) is 19.0. The van der Waals surface area contributed by atoms with E-state index in [-0.39, 0.29) is 18.3 Å². The number of ether oxygens (including phenoxy) is 1. The zero-order valence-electron chi connectivity index (χ0n) is 24.1. The topological polar surface area (TPSA) is 161 Å². The number of benzene rings is 2. The quantitative estimate of drug-likeness (QED) is 0.151. The van der Waals surface area contributed by atoms with Gasteiger partial charge in [-0.25, -0.2) is 14.3 Å². The lowest BCUT2D eigenvalue weighted by Gasteiger charge is -2.22. The summed E-state index contributed by atoms with van der Waals surface area (Å²) in [6.45, 7) is 3.18. The molecule has 0 aliphatic carbocycles. The van der Waals surface area contributed by atoms with Crippen molar-refractivity contribution in [2.75, 3.05) is 13.3 Å². The molecule has 4 heterocycles. The molecule has 6 rings (SSSR count). The maximum Gasteiger partial charge on any atom is 0.340 e. The van der Waals surface area contributed by atoms with Crippen LogP contribution in [0.1, 0.15) is 41.1 Å². The van der Waals surface area contributed by atoms with Crippen LogP contribution < -0.4 is 22.2 Å². The zero-order chi connectivity index (χ0) is 30.6. The highest BCUT2D eigenvalue weighted by molar-refractivity contribution is 5.76. The van der Waals surface area contributed by atoms with E-state index >= 15 is 0 Å². The summed E-state index contributed by atoms with van der Waals surface area (Å²) >= 11 is 0. The number of hydrogen-bond donors (Lipinski definition) is 3. The first-order valence-electron chi connectivity index (χ1n) is 14.4. The van der Waals surface area contributed by atoms with E-state index in [1.807, 2.05) is 54.6 Å². The molecule has 0 unspecified atom stereocenters. The summed E-state index contributed by atoms with van der Waals surface area (Å²) in [5, 5.41) is 22.8. The average molecular weight is 600 g/mol. The van der Waals surface area contributed by atoms with Crippen molar-refractivity contribution in [3.8, 4) is 0 Å². The number of nitrogens with one attached hydrogen (secondary N) is 2. The van der Waals surface area contributed by atoms with Crippen molar-refractivity contribution in [3.05, 3.63) is 127 Å². The third-order valence-corrected chi connectivity index (χ3v) is 7.74. The Morgan fingerprint density at radius 1 is 1.07 bits per heavy atom. The van der Waals surface area contributed by atoms with Crippen molar-refractivity contribution in [2.24, 2.45) is 0 Å². The third kappa shape index (κ3) is 6.45. The van der Waals surface area contributed by atoms with Crippen LogP contribution in [0.2, 0.25) is 0 Å². The molecular weight excluding hydrogens is 566 g/mol. The van der Waals surface area contributed by atoms with Crippen LogP contribution in [0.15, 0.2) is 91.9 Å². The first-order chi connectivity index (χ1) is 21.4. The second kappa shape index (κ2) is 12.9. The monoisotopic (exact) mass is 599 g/mol. The molecule has 5 aromatic rings. The number of aromatic nitrogens is 5. The fraction of sp³-hybridized carbons (Fsp3) is 0.323. The Balaban J connectivity index is 1.13. The minimum atomic E-state index is -0.676. The Morgan fingerprint density at radius 2 is 1.86 bits per heavy atom. The van der Waals surface area contributed by atoms with Gasteiger partial charge in [-0.15, -0.1) is 5.10 Å². The molecule has 0 spiro atoms. The first kappa shape index (κ1) is 29.4. The van der Waals surface area contributed by atoms with Gasteiger partial charge in [0.05, 0.1) is 30.1 Å². The molecule has 0 amide bonds. The van der Waals surface area contributed by atoms with Gasteiger partial charge in [0, 0.05) is 49.9 Å². The average Bonchev–Trinajstić information content (AvgIpc) is 3.67. The van der Waals surface area contributed by atoms with E-state index in [0.717, 1.165) is 10.9 Å². The van der Waals surface area contributed by atoms with Crippen LogP contribution in [0.4, 0.5) is 0 Å². The largest absolute Gasteiger partial charge is 0.422 e. The Hall–Kier alpha value is -4.69. The van der Waals surface area contributed by atoms with Gasteiger partial charge in [0.2, 0.25) is 0 Å². The fourth-order valence-electron chi connectivity index (χ4n) is 5.49. The van der Waals surface area contributed by atoms with E-state index in [4.69, 9.17) is 9.15 Å². The molecule has 228 valence electrons. The van der Waals surface area contributed by atoms with Gasteiger partial charge in [-0.2, -0.15) is 0 Å². The van der Waals surface area contributed by atoms with E-state index in [1.165, 1.54) is 10.8 Å². The maximum absolute atomic E-state index is 12.8. The van der Waals surface area contributed by atoms with Crippen LogP contribution in [0.3, 0.4) is 0 Å². The van der Waals surface area contributed by atoms with Gasteiger partial charge in [-0.3, -0.25) is 24.6 Å². The molecule has 1 aliphatic rings. The predicted molar refractivity (Wildman–Crippen MR) is 161 cm³/mol. The Kier molecular flexibility index (Phi) is 8.61. The van der Waals surface area contributed by atoms with Crippen LogP contribution >= 0.6 is 0 Å². The first-order valence-corrected chi connectivity index (χ1v) is 14.4. The van der Waals surface area contributed by atoms with Gasteiger partial charge in [0.1, 0.15) is 17.9 Å². The number of aryl methyl sites for hydroxylation is 1. The number of rotatable bonds is 11. The molecule has 2 aromatic carbocycles. The second-order valence-electron chi connectivity index (χ2n) is 10.9. The summed E-state index contributed by atoms with van der Waals surface area (Å²) in [5.41, 5.74) is 1.90. The fourth-order valence-corrected chi connectivity index (χ4v) is 5.49. The van der Waals surface area contributed by atoms with Crippen molar-refractivity contribution in [3.63, 3.8) is 0 Å². The second-order valence-corrected chi connectivity index (χ2v) is 10.9. The number of hydrogen-bond acceptors (Lipinski definition) is 10. The van der Waals surface area contributed by atoms with E-state index in [1.54, 1.807) is 23.9 Å². The summed E-state index contributed by atoms with van der Waals surface area (Å²) in [6.07, 6.45) is 2.31. The van der Waals surface area contributed by atoms with Crippen LogP contribution in [0, 0.1) is 6.92 Å². The minimum absolute atomic E-state index is 0.275. The lowest BCUT2D eigenvalue weighted by atomic mass is 10.1. The lowest BCUT2D eigenvalue weighted by Crippen LogP contribution is -2.34. The molecule has 3 aromatic heterocycles. The smallest absolute Gasteiger partial charge is 0.340 e. The molecule has 0 bridgehead atoms. The Labute approximate surface area is 251 Å². The number of nitrogens with zero attached hydrogens (tertiary/aromatic N) is 5. The predicted octanol–water partition coefficient (Wildman–Crippen LogP) is 1.81. The summed E-state index contributed by atoms with van der Waals surface area (Å²) in [5.74, 6) is 0. The van der Waals surface area contributed by atoms with Crippen molar-refractivity contribution in [2.45, 2.75) is 51.4 Å². The van der Waals surface area contributed by atoms with Crippen molar-refractivity contribution < 1.29 is 14.3 Å². The highest BCUT2D eigenvalue weighted by Gasteiger charge is 2.38. The van der Waals surface area contributed by atoms with Gasteiger partial charge in [0.25, 0.3) is 5.56 Å². The lowest BCUT2D eigenvalue weighted by molar-refractivity contribution is -0.0323. The molecule has 13 heteroatoms. The molecular formula is C31H33N7O6. The normalized spacial score (nSPS) is 18.4. The number of para-hydroxylation sites is 1. The number of aliphatic hydroxyl groups is 1. The number of aliphatic hydroxyl groups excluding tert-OH is 1. The van der Waals surface area contributed by atoms with E-state index in [2.05, 4.69) is 25.5 Å². The molecule has 0 radical (unpaired) electrons. The van der Waals surface area contributed by atoms with Gasteiger partial charge in [-0.05, 0) is 24.6 Å². The van der Waals surface area contributed by atoms with E-state index < -0.39 is 23.6 Å². The molecule has 1 aliphatic heterocycles. The highest BCUT2D eigenvalue weighted by atomic mass is 16.5. The van der Waals surface area contributed by atoms with Crippen molar-refractivity contribution in [1.82, 2.24) is 34.8 Å². The Bertz CT molecular complexity index is 1910. The van der Waals surface area contributed by atoms with Crippen LogP contribution in [0.25, 0.3) is 11.0 Å². The number of fused-ring (bicyclic) bond motifs is 1. The van der Waals surface area contributed by atoms with Crippen LogP contribution in [0.5, 0.6) is 0 Å². The molecule has 0 saturated carbocycles. The van der Waals surface area contributed by atoms with E-state index in [0.29, 0.717) is 55.1 Å². The highest BCUT2D eigenvalue weighted by Crippen LogP contribution is 2.35. The molecule has 3 atom stereocenters. The SMILES string of the molecule is Cc1cn([C@@H]2C[C@@H](n3cc(CNCN(Cc4ccccc4)Cc4cc5ccccc5oc4=O)nn3)[C@H](CO)O2)c(=O)[nH]c1=O. The van der Waals surface area contributed by atoms with Crippen LogP contribution in [-0.2, 0) is 24.4 Å². The molecule has 44 heavy (non-hydrogen) atoms. The summed E-state index contributed by atoms with van der Waals surface area (Å²) < 4.78 is 14.5. The minimum Gasteiger partial charge on any atom is -0.422 e. The Morgan fingerprint density at radius 3 is 2.68 bits per heavy atom. The maximum atomic E-state index is 12.8. The van der Waals surface area contributed by atoms with E-state index in [9.17, 15) is 19.5 Å². The van der Waals surface area contributed by atoms with Gasteiger partial charge in [-0.1, -0.05) is 53.7 Å². The number of aromatic amines is 1. The van der Waals surface area contributed by atoms with Crippen molar-refractivity contribution in [1.29, 1.82) is 0 Å². The van der Waals surface area contributed by atoms with Gasteiger partial charge in [0.15, 0.2) is 0 Å². The van der Waals surface area contributed by atoms with Crippen LogP contribution in [-0.4, -0.2) is 53.9 Å². The summed E-state index contributed by atoms with van der Waals surface area (Å²) in [7, 11) is 0. The molecule has 13 nitrogen and oxygen atoms in total.